The Morgan fingerprint density at radius 2 is 2.41 bits per heavy atom. The van der Waals surface area contributed by atoms with Gasteiger partial charge in [-0.15, -0.1) is 11.3 Å². The van der Waals surface area contributed by atoms with E-state index in [1.54, 1.807) is 0 Å². The number of nitrogens with one attached hydrogen (secondary N) is 1. The van der Waals surface area contributed by atoms with Crippen LogP contribution in [-0.2, 0) is 6.54 Å². The molecule has 0 aromatic carbocycles. The smallest absolute Gasteiger partial charge is 0.0300 e. The van der Waals surface area contributed by atoms with Crippen molar-refractivity contribution in [3.63, 3.8) is 0 Å². The molecule has 17 heavy (non-hydrogen) atoms. The molecule has 2 rings (SSSR count). The zero-order valence-electron chi connectivity index (χ0n) is 10.8. The number of piperidine rings is 1. The molecule has 1 aromatic rings. The first-order chi connectivity index (χ1) is 8.40. The van der Waals surface area contributed by atoms with Crippen molar-refractivity contribution < 1.29 is 0 Å². The predicted octanol–water partition coefficient (Wildman–Crippen LogP) is 3.10. The first kappa shape index (κ1) is 13.1. The molecule has 1 fully saturated rings. The lowest BCUT2D eigenvalue weighted by atomic mass is 10.0. The van der Waals surface area contributed by atoms with Crippen LogP contribution in [0.5, 0.6) is 0 Å². The van der Waals surface area contributed by atoms with Crippen molar-refractivity contribution in [1.82, 2.24) is 10.2 Å². The second-order valence-corrected chi connectivity index (χ2v) is 5.88. The molecule has 0 aliphatic carbocycles. The third-order valence-electron chi connectivity index (χ3n) is 3.68. The van der Waals surface area contributed by atoms with Gasteiger partial charge in [-0.1, -0.05) is 19.4 Å². The Morgan fingerprint density at radius 3 is 3.18 bits per heavy atom. The number of rotatable bonds is 6. The monoisotopic (exact) mass is 252 g/mol. The van der Waals surface area contributed by atoms with Crippen molar-refractivity contribution in [2.24, 2.45) is 0 Å². The molecule has 2 nitrogen and oxygen atoms in total. The Kier molecular flexibility index (Phi) is 5.49. The first-order valence-corrected chi connectivity index (χ1v) is 7.75. The third kappa shape index (κ3) is 4.09. The molecule has 0 radical (unpaired) electrons. The second-order valence-electron chi connectivity index (χ2n) is 4.85. The lowest BCUT2D eigenvalue weighted by Gasteiger charge is -2.35. The Hall–Kier alpha value is -0.380. The SMILES string of the molecule is CCC1CCCCN1CCNCc1cccs1. The molecule has 1 atom stereocenters. The van der Waals surface area contributed by atoms with Crippen LogP contribution < -0.4 is 5.32 Å². The van der Waals surface area contributed by atoms with Gasteiger partial charge in [0.1, 0.15) is 0 Å². The Labute approximate surface area is 109 Å². The van der Waals surface area contributed by atoms with E-state index in [0.29, 0.717) is 0 Å². The van der Waals surface area contributed by atoms with Crippen molar-refractivity contribution >= 4 is 11.3 Å². The van der Waals surface area contributed by atoms with Gasteiger partial charge in [0, 0.05) is 30.6 Å². The fraction of sp³-hybridized carbons (Fsp3) is 0.714. The minimum Gasteiger partial charge on any atom is -0.311 e. The van der Waals surface area contributed by atoms with E-state index in [1.165, 1.54) is 43.6 Å². The van der Waals surface area contributed by atoms with Gasteiger partial charge in [0.15, 0.2) is 0 Å². The lowest BCUT2D eigenvalue weighted by Crippen LogP contribution is -2.42. The van der Waals surface area contributed by atoms with E-state index in [2.05, 4.69) is 34.7 Å². The average Bonchev–Trinajstić information content (AvgIpc) is 2.88. The largest absolute Gasteiger partial charge is 0.311 e. The van der Waals surface area contributed by atoms with E-state index >= 15 is 0 Å². The van der Waals surface area contributed by atoms with Crippen LogP contribution in [0.4, 0.5) is 0 Å². The first-order valence-electron chi connectivity index (χ1n) is 6.87. The molecule has 1 aliphatic rings. The molecule has 0 saturated carbocycles. The molecule has 1 aliphatic heterocycles. The molecular formula is C14H24N2S. The Bertz CT molecular complexity index is 297. The van der Waals surface area contributed by atoms with Gasteiger partial charge >= 0.3 is 0 Å². The molecule has 96 valence electrons. The molecule has 0 amide bonds. The molecule has 1 saturated heterocycles. The van der Waals surface area contributed by atoms with Gasteiger partial charge in [-0.25, -0.2) is 0 Å². The summed E-state index contributed by atoms with van der Waals surface area (Å²) in [4.78, 5) is 4.11. The zero-order valence-corrected chi connectivity index (χ0v) is 11.6. The number of likely N-dealkylation sites (tertiary alicyclic amines) is 1. The molecule has 1 aromatic heterocycles. The van der Waals surface area contributed by atoms with Gasteiger partial charge < -0.3 is 5.32 Å². The van der Waals surface area contributed by atoms with Gasteiger partial charge in [0.2, 0.25) is 0 Å². The topological polar surface area (TPSA) is 15.3 Å². The maximum Gasteiger partial charge on any atom is 0.0300 e. The van der Waals surface area contributed by atoms with Crippen molar-refractivity contribution in [2.45, 2.75) is 45.2 Å². The molecule has 1 N–H and O–H groups in total. The molecule has 0 bridgehead atoms. The van der Waals surface area contributed by atoms with Crippen LogP contribution in [0.3, 0.4) is 0 Å². The van der Waals surface area contributed by atoms with Crippen molar-refractivity contribution in [3.8, 4) is 0 Å². The van der Waals surface area contributed by atoms with E-state index in [1.807, 2.05) is 11.3 Å². The van der Waals surface area contributed by atoms with E-state index in [4.69, 9.17) is 0 Å². The maximum atomic E-state index is 3.55. The molecule has 3 heteroatoms. The summed E-state index contributed by atoms with van der Waals surface area (Å²) < 4.78 is 0. The van der Waals surface area contributed by atoms with Crippen molar-refractivity contribution in [1.29, 1.82) is 0 Å². The molecular weight excluding hydrogens is 228 g/mol. The number of hydrogen-bond acceptors (Lipinski definition) is 3. The number of thiophene rings is 1. The van der Waals surface area contributed by atoms with Crippen LogP contribution in [0, 0.1) is 0 Å². The lowest BCUT2D eigenvalue weighted by molar-refractivity contribution is 0.145. The van der Waals surface area contributed by atoms with Crippen LogP contribution in [0.2, 0.25) is 0 Å². The summed E-state index contributed by atoms with van der Waals surface area (Å²) in [5, 5.41) is 5.70. The summed E-state index contributed by atoms with van der Waals surface area (Å²) >= 11 is 1.84. The minimum atomic E-state index is 0.840. The van der Waals surface area contributed by atoms with Crippen LogP contribution in [0.25, 0.3) is 0 Å². The summed E-state index contributed by atoms with van der Waals surface area (Å²) in [6, 6.07) is 5.17. The highest BCUT2D eigenvalue weighted by Gasteiger charge is 2.19. The minimum absolute atomic E-state index is 0.840. The van der Waals surface area contributed by atoms with Crippen molar-refractivity contribution in [2.75, 3.05) is 19.6 Å². The summed E-state index contributed by atoms with van der Waals surface area (Å²) in [5.41, 5.74) is 0. The van der Waals surface area contributed by atoms with Crippen LogP contribution in [0.1, 0.15) is 37.5 Å². The van der Waals surface area contributed by atoms with E-state index in [-0.39, 0.29) is 0 Å². The summed E-state index contributed by atoms with van der Waals surface area (Å²) in [5.74, 6) is 0. The highest BCUT2D eigenvalue weighted by Crippen LogP contribution is 2.18. The normalized spacial score (nSPS) is 21.8. The van der Waals surface area contributed by atoms with E-state index in [0.717, 1.165) is 19.1 Å². The molecule has 1 unspecified atom stereocenters. The number of nitrogens with zero attached hydrogens (tertiary/aromatic N) is 1. The fourth-order valence-corrected chi connectivity index (χ4v) is 3.34. The second kappa shape index (κ2) is 7.14. The van der Waals surface area contributed by atoms with Gasteiger partial charge in [-0.2, -0.15) is 0 Å². The quantitative estimate of drug-likeness (QED) is 0.783. The van der Waals surface area contributed by atoms with Crippen LogP contribution in [-0.4, -0.2) is 30.6 Å². The standard InChI is InChI=1S/C14H24N2S/c1-2-13-6-3-4-9-16(13)10-8-15-12-14-7-5-11-17-14/h5,7,11,13,15H,2-4,6,8-10,12H2,1H3. The van der Waals surface area contributed by atoms with Gasteiger partial charge in [0.25, 0.3) is 0 Å². The fourth-order valence-electron chi connectivity index (χ4n) is 2.66. The highest BCUT2D eigenvalue weighted by atomic mass is 32.1. The van der Waals surface area contributed by atoms with E-state index < -0.39 is 0 Å². The van der Waals surface area contributed by atoms with Gasteiger partial charge in [-0.05, 0) is 37.3 Å². The summed E-state index contributed by atoms with van der Waals surface area (Å²) in [6.07, 6.45) is 5.53. The summed E-state index contributed by atoms with van der Waals surface area (Å²) in [6.45, 7) is 6.99. The molecule has 0 spiro atoms. The van der Waals surface area contributed by atoms with Crippen LogP contribution in [0.15, 0.2) is 17.5 Å². The third-order valence-corrected chi connectivity index (χ3v) is 4.55. The summed E-state index contributed by atoms with van der Waals surface area (Å²) in [7, 11) is 0. The predicted molar refractivity (Wildman–Crippen MR) is 75.5 cm³/mol. The van der Waals surface area contributed by atoms with Gasteiger partial charge in [-0.3, -0.25) is 4.90 Å². The Balaban J connectivity index is 1.63. The Morgan fingerprint density at radius 1 is 1.47 bits per heavy atom. The number of hydrogen-bond donors (Lipinski definition) is 1. The van der Waals surface area contributed by atoms with Crippen LogP contribution >= 0.6 is 11.3 Å². The highest BCUT2D eigenvalue weighted by molar-refractivity contribution is 7.09. The average molecular weight is 252 g/mol. The zero-order chi connectivity index (χ0) is 11.9. The molecule has 2 heterocycles. The van der Waals surface area contributed by atoms with Crippen molar-refractivity contribution in [3.05, 3.63) is 22.4 Å². The maximum absolute atomic E-state index is 3.55. The van der Waals surface area contributed by atoms with Gasteiger partial charge in [0.05, 0.1) is 0 Å². The van der Waals surface area contributed by atoms with E-state index in [9.17, 15) is 0 Å².